The summed E-state index contributed by atoms with van der Waals surface area (Å²) in [5.41, 5.74) is 9.44. The number of methoxy groups -OCH3 is 1. The minimum absolute atomic E-state index is 0.000184. The first-order valence-electron chi connectivity index (χ1n) is 37.9. The number of likely N-dealkylation sites (N-methyl/N-ethyl adjacent to an activating group) is 3. The fourth-order valence-electron chi connectivity index (χ4n) is 24.6. The molecule has 99 heavy (non-hydrogen) atoms. The van der Waals surface area contributed by atoms with E-state index in [1.54, 1.807) is 19.2 Å². The summed E-state index contributed by atoms with van der Waals surface area (Å²) >= 11 is 0. The average Bonchev–Trinajstić information content (AvgIpc) is 1.59. The predicted octanol–water partition coefficient (Wildman–Crippen LogP) is 8.00. The van der Waals surface area contributed by atoms with E-state index in [0.717, 1.165) is 144 Å². The molecule has 4 aromatic carbocycles. The number of hydrogen-bond donors (Lipinski definition) is 6. The lowest BCUT2D eigenvalue weighted by atomic mass is 9.48. The van der Waals surface area contributed by atoms with Crippen LogP contribution < -0.4 is 18.9 Å². The number of aliphatic hydroxyl groups is 4. The molecule has 4 aromatic rings. The van der Waals surface area contributed by atoms with Crippen molar-refractivity contribution in [1.29, 1.82) is 0 Å². The second-order valence-corrected chi connectivity index (χ2v) is 32.6. The Labute approximate surface area is 583 Å². The van der Waals surface area contributed by atoms with Crippen molar-refractivity contribution in [3.63, 3.8) is 0 Å². The zero-order chi connectivity index (χ0) is 68.0. The summed E-state index contributed by atoms with van der Waals surface area (Å²) in [6.07, 6.45) is 23.6. The zero-order valence-electron chi connectivity index (χ0n) is 59.0. The molecule has 11 unspecified atom stereocenters. The molecule has 4 spiro atoms. The Hall–Kier alpha value is -5.32. The third kappa shape index (κ3) is 8.72. The predicted molar refractivity (Wildman–Crippen MR) is 371 cm³/mol. The quantitative estimate of drug-likeness (QED) is 0.0787. The molecule has 6 N–H and O–H groups in total. The highest BCUT2D eigenvalue weighted by atomic mass is 16.6. The van der Waals surface area contributed by atoms with Crippen molar-refractivity contribution in [3.8, 4) is 34.5 Å². The molecule has 0 radical (unpaired) electrons. The number of piperidine rings is 4. The first-order valence-corrected chi connectivity index (χ1v) is 37.9. The van der Waals surface area contributed by atoms with Crippen LogP contribution in [0.4, 0.5) is 0 Å². The molecule has 4 saturated heterocycles. The highest BCUT2D eigenvalue weighted by Gasteiger charge is 2.75. The highest BCUT2D eigenvalue weighted by Crippen LogP contribution is 2.69. The Morgan fingerprint density at radius 3 is 1.48 bits per heavy atom. The van der Waals surface area contributed by atoms with Crippen LogP contribution in [-0.2, 0) is 79.5 Å². The van der Waals surface area contributed by atoms with Gasteiger partial charge >= 0.3 is 0 Å². The Bertz CT molecular complexity index is 3920. The Morgan fingerprint density at radius 2 is 0.929 bits per heavy atom. The van der Waals surface area contributed by atoms with Crippen molar-refractivity contribution in [3.05, 3.63) is 128 Å². The molecule has 8 aliphatic heterocycles. The summed E-state index contributed by atoms with van der Waals surface area (Å²) < 4.78 is 49.7. The SMILES string of the molecule is CCO[C@H]1C=CC2C3Cc4ccc(CO)c5c4[C@@]2(CCN3C)C1O5.CCO[C@H]1C=CC2C3Cc4ccc(O)c5c4[C@@]2(CCN3C)C1O5.CCO[C@H]1CC[C@@]2(O)C3Cc4ccc(CO)c5c4[C@@]2(CCN3C)C1O5.COC1CC[C@@]2(O)C3Cc4ccc(O)c5c4C2(CCN3CC2CCC2)[C@H]1O5. The first-order chi connectivity index (χ1) is 48.0. The highest BCUT2D eigenvalue weighted by molar-refractivity contribution is 5.65. The molecule has 8 heterocycles. The number of aromatic hydroxyl groups is 2. The van der Waals surface area contributed by atoms with Crippen LogP contribution in [0.5, 0.6) is 34.5 Å². The second-order valence-electron chi connectivity index (χ2n) is 32.6. The summed E-state index contributed by atoms with van der Waals surface area (Å²) in [6.45, 7) is 13.3. The molecule has 3 saturated carbocycles. The van der Waals surface area contributed by atoms with Gasteiger partial charge < -0.3 is 83.2 Å². The van der Waals surface area contributed by atoms with Crippen LogP contribution in [0.1, 0.15) is 147 Å². The molecule has 17 aliphatic rings. The minimum Gasteiger partial charge on any atom is -0.504 e. The first kappa shape index (κ1) is 65.7. The van der Waals surface area contributed by atoms with E-state index in [0.29, 0.717) is 55.2 Å². The normalized spacial score (nSPS) is 40.7. The maximum atomic E-state index is 12.2. The van der Waals surface area contributed by atoms with E-state index in [4.69, 9.17) is 37.9 Å². The Kier molecular flexibility index (Phi) is 15.8. The van der Waals surface area contributed by atoms with Crippen LogP contribution in [0.15, 0.2) is 72.8 Å². The number of rotatable bonds is 11. The molecule has 8 bridgehead atoms. The van der Waals surface area contributed by atoms with Crippen molar-refractivity contribution < 1.29 is 68.5 Å². The zero-order valence-corrected chi connectivity index (χ0v) is 59.0. The van der Waals surface area contributed by atoms with Gasteiger partial charge in [0.25, 0.3) is 0 Å². The minimum atomic E-state index is -0.805. The lowest BCUT2D eigenvalue weighted by molar-refractivity contribution is -0.213. The average molecular weight is 1360 g/mol. The van der Waals surface area contributed by atoms with E-state index in [2.05, 4.69) is 89.3 Å². The molecule has 532 valence electrons. The maximum absolute atomic E-state index is 12.2. The largest absolute Gasteiger partial charge is 0.504 e. The van der Waals surface area contributed by atoms with Gasteiger partial charge in [0.2, 0.25) is 0 Å². The van der Waals surface area contributed by atoms with Gasteiger partial charge in [-0.3, -0.25) is 4.90 Å². The lowest BCUT2D eigenvalue weighted by Crippen LogP contribution is -2.77. The summed E-state index contributed by atoms with van der Waals surface area (Å²) in [5.74, 6) is 5.27. The van der Waals surface area contributed by atoms with Crippen molar-refractivity contribution in [2.24, 2.45) is 17.8 Å². The van der Waals surface area contributed by atoms with Crippen LogP contribution in [0.3, 0.4) is 0 Å². The molecular weight excluding hydrogens is 1250 g/mol. The van der Waals surface area contributed by atoms with E-state index in [1.807, 2.05) is 32.9 Å². The van der Waals surface area contributed by atoms with Gasteiger partial charge in [0.15, 0.2) is 23.0 Å². The van der Waals surface area contributed by atoms with Gasteiger partial charge in [0.05, 0.1) is 47.5 Å². The van der Waals surface area contributed by atoms with Gasteiger partial charge in [0, 0.05) is 114 Å². The number of aliphatic hydroxyl groups excluding tert-OH is 2. The molecule has 0 amide bonds. The van der Waals surface area contributed by atoms with Crippen LogP contribution in [0.25, 0.3) is 0 Å². The van der Waals surface area contributed by atoms with Crippen LogP contribution in [0, 0.1) is 17.8 Å². The van der Waals surface area contributed by atoms with Crippen molar-refractivity contribution in [2.75, 3.05) is 80.8 Å². The molecule has 7 fully saturated rings. The van der Waals surface area contributed by atoms with Crippen molar-refractivity contribution in [2.45, 2.75) is 236 Å². The third-order valence-corrected chi connectivity index (χ3v) is 29.1. The van der Waals surface area contributed by atoms with Crippen LogP contribution in [0.2, 0.25) is 0 Å². The molecular formula is C81H104N4O14. The number of nitrogens with zero attached hydrogens (tertiary/aromatic N) is 4. The number of phenolic OH excluding ortho intramolecular Hbond substituents is 2. The van der Waals surface area contributed by atoms with E-state index in [1.165, 1.54) is 58.2 Å². The van der Waals surface area contributed by atoms with Crippen LogP contribution in [-0.4, -0.2) is 215 Å². The van der Waals surface area contributed by atoms with E-state index in [-0.39, 0.29) is 96.5 Å². The monoisotopic (exact) mass is 1360 g/mol. The maximum Gasteiger partial charge on any atom is 0.165 e. The summed E-state index contributed by atoms with van der Waals surface area (Å²) in [6, 6.07) is 17.4. The standard InChI is InChI=1S/C22H29NO4.C20H27NO4.C20H25NO3.C19H23NO3/c1-26-16-7-8-22(25)17-11-14-5-6-15(24)19-18(14)21(22,20(16)27-19)9-10-23(17)12-13-3-2-4-13;1-3-24-14-6-7-20(23)15-10-12-4-5-13(11-22)17-16(12)19(20,18(14)25-17)8-9-21(15)2;1-3-23-16-7-6-14-15-10-12-4-5-13(11-22)18-17(12)20(14,19(16)24-18)8-9-21(15)2;1-3-22-15-7-5-12-13-10-11-4-6-14(21)17-16(11)19(12,18(15)23-17)8-9-20(13)2/h5-6,13,16-17,20,24-25H,2-4,7-12H2,1H3;4-5,14-15,18,22-23H,3,6-11H2,1-2H3;4-7,14-16,19,22H,3,8-11H2,1-2H3;4-7,12-13,15,18,21H,3,8-10H2,1-2H3/t16?,17?,20-,21?,22+;14-,15?,18?,19-,20+;14?,15?,16-,19?,20-;12?,13?,15-,18?,19-/m0000/s1. The van der Waals surface area contributed by atoms with Crippen molar-refractivity contribution in [1.82, 2.24) is 19.6 Å². The molecule has 18 heteroatoms. The smallest absolute Gasteiger partial charge is 0.165 e. The number of ether oxygens (including phenoxy) is 8. The van der Waals surface area contributed by atoms with Crippen molar-refractivity contribution >= 4 is 0 Å². The Morgan fingerprint density at radius 1 is 0.475 bits per heavy atom. The number of phenols is 2. The Balaban J connectivity index is 0.0000000955. The summed E-state index contributed by atoms with van der Waals surface area (Å²) in [4.78, 5) is 9.91. The third-order valence-electron chi connectivity index (χ3n) is 29.1. The van der Waals surface area contributed by atoms with Gasteiger partial charge in [-0.15, -0.1) is 0 Å². The number of hydrogen-bond acceptors (Lipinski definition) is 18. The molecule has 0 aromatic heterocycles. The molecule has 20 atom stereocenters. The van der Waals surface area contributed by atoms with Crippen LogP contribution >= 0.6 is 0 Å². The summed E-state index contributed by atoms with van der Waals surface area (Å²) in [7, 11) is 8.35. The number of benzene rings is 4. The fraction of sp³-hybridized carbons (Fsp3) is 0.654. The van der Waals surface area contributed by atoms with E-state index in [9.17, 15) is 30.6 Å². The molecule has 21 rings (SSSR count). The second kappa shape index (κ2) is 23.9. The van der Waals surface area contributed by atoms with Gasteiger partial charge in [-0.1, -0.05) is 67.1 Å². The number of likely N-dealkylation sites (tertiary alicyclic amines) is 4. The summed E-state index contributed by atoms with van der Waals surface area (Å²) in [5, 5.41) is 64.7. The lowest BCUT2D eigenvalue weighted by Gasteiger charge is -2.64. The fourth-order valence-corrected chi connectivity index (χ4v) is 24.6. The van der Waals surface area contributed by atoms with E-state index >= 15 is 0 Å². The molecule has 9 aliphatic carbocycles. The van der Waals surface area contributed by atoms with Gasteiger partial charge in [-0.05, 0) is 198 Å². The topological polar surface area (TPSA) is 208 Å². The van der Waals surface area contributed by atoms with E-state index < -0.39 is 22.0 Å². The van der Waals surface area contributed by atoms with Gasteiger partial charge in [-0.2, -0.15) is 0 Å². The molecule has 18 nitrogen and oxygen atoms in total. The van der Waals surface area contributed by atoms with Gasteiger partial charge in [0.1, 0.15) is 48.1 Å². The van der Waals surface area contributed by atoms with Gasteiger partial charge in [-0.25, -0.2) is 0 Å².